The minimum absolute atomic E-state index is 0.159. The van der Waals surface area contributed by atoms with Crippen LogP contribution in [0.15, 0.2) is 15.9 Å². The van der Waals surface area contributed by atoms with Gasteiger partial charge in [0.05, 0.1) is 0 Å². The van der Waals surface area contributed by atoms with E-state index >= 15 is 0 Å². The maximum absolute atomic E-state index is 9.31. The van der Waals surface area contributed by atoms with E-state index in [4.69, 9.17) is 0 Å². The van der Waals surface area contributed by atoms with Gasteiger partial charge in [-0.05, 0) is 53.3 Å². The van der Waals surface area contributed by atoms with Crippen molar-refractivity contribution in [3.05, 3.63) is 20.8 Å². The predicted molar refractivity (Wildman–Crippen MR) is 71.7 cm³/mol. The van der Waals surface area contributed by atoms with Crippen LogP contribution in [0.4, 0.5) is 0 Å². The van der Waals surface area contributed by atoms with Gasteiger partial charge in [0.1, 0.15) is 0 Å². The number of nitrogens with zero attached hydrogens (tertiary/aromatic N) is 1. The molecule has 0 spiro atoms. The second-order valence-electron chi connectivity index (χ2n) is 4.98. The number of rotatable bonds is 3. The van der Waals surface area contributed by atoms with Crippen LogP contribution in [0.25, 0.3) is 0 Å². The molecule has 1 fully saturated rings. The molecular weight excluding hydrogens is 286 g/mol. The molecule has 0 bridgehead atoms. The van der Waals surface area contributed by atoms with Gasteiger partial charge in [0, 0.05) is 27.9 Å². The van der Waals surface area contributed by atoms with Gasteiger partial charge in [-0.1, -0.05) is 6.92 Å². The highest BCUT2D eigenvalue weighted by atomic mass is 79.9. The van der Waals surface area contributed by atoms with Gasteiger partial charge >= 0.3 is 0 Å². The topological polar surface area (TPSA) is 23.5 Å². The number of aliphatic hydroxyl groups excluding tert-OH is 1. The lowest BCUT2D eigenvalue weighted by atomic mass is 9.81. The van der Waals surface area contributed by atoms with E-state index in [-0.39, 0.29) is 5.41 Å². The molecule has 0 saturated carbocycles. The average molecular weight is 304 g/mol. The molecule has 16 heavy (non-hydrogen) atoms. The van der Waals surface area contributed by atoms with Crippen LogP contribution in [0.3, 0.4) is 0 Å². The molecule has 90 valence electrons. The minimum Gasteiger partial charge on any atom is -0.396 e. The Balaban J connectivity index is 1.86. The summed E-state index contributed by atoms with van der Waals surface area (Å²) in [5.41, 5.74) is 0.159. The quantitative estimate of drug-likeness (QED) is 0.927. The van der Waals surface area contributed by atoms with Crippen LogP contribution in [-0.2, 0) is 6.54 Å². The van der Waals surface area contributed by atoms with E-state index in [1.807, 2.05) is 11.3 Å². The molecule has 0 aliphatic carbocycles. The molecule has 1 saturated heterocycles. The second kappa shape index (κ2) is 5.17. The highest BCUT2D eigenvalue weighted by Gasteiger charge is 2.29. The molecule has 0 atom stereocenters. The summed E-state index contributed by atoms with van der Waals surface area (Å²) in [6.07, 6.45) is 2.21. The van der Waals surface area contributed by atoms with Crippen molar-refractivity contribution in [1.82, 2.24) is 4.90 Å². The van der Waals surface area contributed by atoms with Crippen molar-refractivity contribution >= 4 is 27.3 Å². The highest BCUT2D eigenvalue weighted by Crippen LogP contribution is 2.31. The van der Waals surface area contributed by atoms with Gasteiger partial charge in [-0.25, -0.2) is 0 Å². The van der Waals surface area contributed by atoms with Gasteiger partial charge in [0.15, 0.2) is 0 Å². The first-order chi connectivity index (χ1) is 7.61. The Bertz CT molecular complexity index is 345. The number of aliphatic hydroxyl groups is 1. The number of hydrogen-bond acceptors (Lipinski definition) is 3. The third-order valence-electron chi connectivity index (χ3n) is 3.45. The van der Waals surface area contributed by atoms with Crippen LogP contribution in [0.1, 0.15) is 24.6 Å². The van der Waals surface area contributed by atoms with E-state index < -0.39 is 0 Å². The summed E-state index contributed by atoms with van der Waals surface area (Å²) in [5.74, 6) is 0. The van der Waals surface area contributed by atoms with Crippen molar-refractivity contribution in [3.63, 3.8) is 0 Å². The van der Waals surface area contributed by atoms with E-state index in [9.17, 15) is 5.11 Å². The predicted octanol–water partition coefficient (Wildman–Crippen LogP) is 3.11. The normalized spacial score (nSPS) is 21.2. The fourth-order valence-electron chi connectivity index (χ4n) is 2.07. The van der Waals surface area contributed by atoms with Crippen LogP contribution in [0.5, 0.6) is 0 Å². The SMILES string of the molecule is CC1(CO)CCN(Cc2cc(Br)cs2)CC1. The van der Waals surface area contributed by atoms with E-state index in [1.54, 1.807) is 0 Å². The van der Waals surface area contributed by atoms with Gasteiger partial charge in [-0.2, -0.15) is 0 Å². The molecule has 1 aliphatic rings. The van der Waals surface area contributed by atoms with E-state index in [2.05, 4.69) is 39.2 Å². The van der Waals surface area contributed by atoms with Crippen LogP contribution < -0.4 is 0 Å². The minimum atomic E-state index is 0.159. The van der Waals surface area contributed by atoms with Crippen molar-refractivity contribution in [2.45, 2.75) is 26.3 Å². The Labute approximate surface area is 109 Å². The average Bonchev–Trinajstić information content (AvgIpc) is 2.68. The maximum Gasteiger partial charge on any atom is 0.0485 e. The van der Waals surface area contributed by atoms with Crippen LogP contribution in [0, 0.1) is 5.41 Å². The molecule has 0 unspecified atom stereocenters. The summed E-state index contributed by atoms with van der Waals surface area (Å²) < 4.78 is 1.18. The zero-order chi connectivity index (χ0) is 11.6. The summed E-state index contributed by atoms with van der Waals surface area (Å²) in [6.45, 7) is 5.77. The Morgan fingerprint density at radius 2 is 2.19 bits per heavy atom. The Kier molecular flexibility index (Phi) is 4.06. The lowest BCUT2D eigenvalue weighted by Crippen LogP contribution is -2.39. The molecule has 2 rings (SSSR count). The standard InChI is InChI=1S/C12H18BrNOS/c1-12(9-15)2-4-14(5-3-12)7-11-6-10(13)8-16-11/h6,8,15H,2-5,7,9H2,1H3. The molecule has 1 aromatic rings. The Morgan fingerprint density at radius 3 is 2.69 bits per heavy atom. The summed E-state index contributed by atoms with van der Waals surface area (Å²) in [5, 5.41) is 11.4. The summed E-state index contributed by atoms with van der Waals surface area (Å²) in [4.78, 5) is 3.90. The molecule has 0 amide bonds. The van der Waals surface area contributed by atoms with Crippen molar-refractivity contribution in [1.29, 1.82) is 0 Å². The molecular formula is C12H18BrNOS. The first-order valence-corrected chi connectivity index (χ1v) is 7.35. The number of piperidine rings is 1. The van der Waals surface area contributed by atoms with Gasteiger partial charge in [-0.15, -0.1) is 11.3 Å². The lowest BCUT2D eigenvalue weighted by Gasteiger charge is -2.38. The van der Waals surface area contributed by atoms with Crippen LogP contribution >= 0.6 is 27.3 Å². The number of thiophene rings is 1. The second-order valence-corrected chi connectivity index (χ2v) is 6.89. The van der Waals surface area contributed by atoms with Gasteiger partial charge < -0.3 is 5.11 Å². The van der Waals surface area contributed by atoms with E-state index in [0.717, 1.165) is 32.5 Å². The maximum atomic E-state index is 9.31. The van der Waals surface area contributed by atoms with Gasteiger partial charge in [0.2, 0.25) is 0 Å². The van der Waals surface area contributed by atoms with Gasteiger partial charge in [-0.3, -0.25) is 4.90 Å². The van der Waals surface area contributed by atoms with Crippen LogP contribution in [0.2, 0.25) is 0 Å². The third kappa shape index (κ3) is 3.06. The third-order valence-corrected chi connectivity index (χ3v) is 5.13. The molecule has 1 aliphatic heterocycles. The van der Waals surface area contributed by atoms with Crippen molar-refractivity contribution in [2.24, 2.45) is 5.41 Å². The van der Waals surface area contributed by atoms with Crippen molar-refractivity contribution in [3.8, 4) is 0 Å². The smallest absolute Gasteiger partial charge is 0.0485 e. The first-order valence-electron chi connectivity index (χ1n) is 5.67. The highest BCUT2D eigenvalue weighted by molar-refractivity contribution is 9.10. The zero-order valence-electron chi connectivity index (χ0n) is 9.58. The number of halogens is 1. The largest absolute Gasteiger partial charge is 0.396 e. The van der Waals surface area contributed by atoms with Crippen LogP contribution in [-0.4, -0.2) is 29.7 Å². The lowest BCUT2D eigenvalue weighted by molar-refractivity contribution is 0.0561. The van der Waals surface area contributed by atoms with E-state index in [1.165, 1.54) is 9.35 Å². The van der Waals surface area contributed by atoms with Gasteiger partial charge in [0.25, 0.3) is 0 Å². The fraction of sp³-hybridized carbons (Fsp3) is 0.667. The molecule has 1 aromatic heterocycles. The summed E-state index contributed by atoms with van der Waals surface area (Å²) in [7, 11) is 0. The monoisotopic (exact) mass is 303 g/mol. The number of likely N-dealkylation sites (tertiary alicyclic amines) is 1. The van der Waals surface area contributed by atoms with Crippen molar-refractivity contribution in [2.75, 3.05) is 19.7 Å². The van der Waals surface area contributed by atoms with E-state index in [0.29, 0.717) is 6.61 Å². The molecule has 0 radical (unpaired) electrons. The Morgan fingerprint density at radius 1 is 1.50 bits per heavy atom. The summed E-state index contributed by atoms with van der Waals surface area (Å²) >= 11 is 5.30. The molecule has 1 N–H and O–H groups in total. The number of hydrogen-bond donors (Lipinski definition) is 1. The molecule has 0 aromatic carbocycles. The Hall–Kier alpha value is 0.1000. The molecule has 4 heteroatoms. The summed E-state index contributed by atoms with van der Waals surface area (Å²) in [6, 6.07) is 2.20. The van der Waals surface area contributed by atoms with Crippen molar-refractivity contribution < 1.29 is 5.11 Å². The molecule has 2 nitrogen and oxygen atoms in total. The zero-order valence-corrected chi connectivity index (χ0v) is 12.0. The first kappa shape index (κ1) is 12.6. The molecule has 2 heterocycles. The fourth-order valence-corrected chi connectivity index (χ4v) is 3.56.